The molecule has 4 aromatic heterocycles. The Kier molecular flexibility index (Phi) is 6.83. The van der Waals surface area contributed by atoms with Crippen LogP contribution < -0.4 is 0 Å². The van der Waals surface area contributed by atoms with Crippen LogP contribution in [0.1, 0.15) is 83.8 Å². The van der Waals surface area contributed by atoms with Crippen LogP contribution in [0, 0.1) is 13.8 Å². The second-order valence-corrected chi connectivity index (χ2v) is 17.7. The number of fused-ring (bicyclic) bond motifs is 6. The Labute approximate surface area is 295 Å². The van der Waals surface area contributed by atoms with Crippen molar-refractivity contribution in [3.8, 4) is 11.4 Å². The van der Waals surface area contributed by atoms with Crippen molar-refractivity contribution >= 4 is 70.0 Å². The largest absolute Gasteiger partial charge is 0.295 e. The fourth-order valence-corrected chi connectivity index (χ4v) is 12.5. The molecule has 0 unspecified atom stereocenters. The van der Waals surface area contributed by atoms with E-state index >= 15 is 0 Å². The summed E-state index contributed by atoms with van der Waals surface area (Å²) in [5, 5.41) is 0. The maximum absolute atomic E-state index is 5.58. The Hall–Kier alpha value is -3.30. The molecular formula is C39H38N4S4. The fourth-order valence-electron chi connectivity index (χ4n) is 7.91. The minimum absolute atomic E-state index is 0.312. The number of hydrogen-bond donors (Lipinski definition) is 2. The Morgan fingerprint density at radius 2 is 0.894 bits per heavy atom. The highest BCUT2D eigenvalue weighted by Gasteiger charge is 2.43. The molecule has 47 heavy (non-hydrogen) atoms. The minimum Gasteiger partial charge on any atom is -0.295 e. The summed E-state index contributed by atoms with van der Waals surface area (Å²) in [6, 6.07) is 25.6. The van der Waals surface area contributed by atoms with E-state index in [1.807, 2.05) is 22.7 Å². The molecule has 8 bridgehead atoms. The fraction of sp³-hybridized carbons (Fsp3) is 0.282. The number of aromatic nitrogens is 4. The zero-order valence-corrected chi connectivity index (χ0v) is 31.3. The van der Waals surface area contributed by atoms with Crippen molar-refractivity contribution in [3.05, 3.63) is 115 Å². The average Bonchev–Trinajstić information content (AvgIpc) is 3.78. The maximum Gasteiger partial charge on any atom is 0.124 e. The zero-order chi connectivity index (χ0) is 33.2. The lowest BCUT2D eigenvalue weighted by Gasteiger charge is -2.29. The lowest BCUT2D eigenvalue weighted by atomic mass is 9.79. The van der Waals surface area contributed by atoms with Crippen molar-refractivity contribution < 1.29 is 0 Å². The molecule has 0 amide bonds. The van der Waals surface area contributed by atoms with Crippen LogP contribution in [0.4, 0.5) is 0 Å². The van der Waals surface area contributed by atoms with Gasteiger partial charge in [0.15, 0.2) is 0 Å². The first-order valence-electron chi connectivity index (χ1n) is 16.0. The molecule has 7 aromatic rings. The lowest BCUT2D eigenvalue weighted by molar-refractivity contribution is 0.560. The third-order valence-electron chi connectivity index (χ3n) is 10.1. The molecule has 8 heteroatoms. The monoisotopic (exact) mass is 690 g/mol. The highest BCUT2D eigenvalue weighted by molar-refractivity contribution is 7.80. The van der Waals surface area contributed by atoms with Gasteiger partial charge < -0.3 is 0 Å². The molecule has 1 aliphatic heterocycles. The van der Waals surface area contributed by atoms with Gasteiger partial charge in [-0.05, 0) is 89.1 Å². The van der Waals surface area contributed by atoms with Gasteiger partial charge in [0, 0.05) is 46.1 Å². The Morgan fingerprint density at radius 1 is 0.532 bits per heavy atom. The molecule has 0 fully saturated rings. The van der Waals surface area contributed by atoms with Crippen molar-refractivity contribution in [3.63, 3.8) is 0 Å². The summed E-state index contributed by atoms with van der Waals surface area (Å²) < 4.78 is 4.67. The molecule has 0 aliphatic carbocycles. The van der Waals surface area contributed by atoms with E-state index in [4.69, 9.17) is 35.2 Å². The average molecular weight is 691 g/mol. The Balaban J connectivity index is 1.61. The summed E-state index contributed by atoms with van der Waals surface area (Å²) in [4.78, 5) is 18.3. The quantitative estimate of drug-likeness (QED) is 0.177. The molecule has 0 atom stereocenters. The van der Waals surface area contributed by atoms with Gasteiger partial charge in [-0.2, -0.15) is 0 Å². The van der Waals surface area contributed by atoms with Crippen LogP contribution in [-0.4, -0.2) is 19.1 Å². The van der Waals surface area contributed by atoms with Crippen LogP contribution in [0.2, 0.25) is 0 Å². The molecule has 4 nitrogen and oxygen atoms in total. The summed E-state index contributed by atoms with van der Waals surface area (Å²) >= 11 is 14.4. The van der Waals surface area contributed by atoms with E-state index in [-0.39, 0.29) is 5.41 Å². The van der Waals surface area contributed by atoms with Crippen LogP contribution >= 0.6 is 47.9 Å². The van der Waals surface area contributed by atoms with Crippen molar-refractivity contribution in [2.24, 2.45) is 0 Å². The van der Waals surface area contributed by atoms with Gasteiger partial charge in [0.05, 0.1) is 21.9 Å². The first-order valence-corrected chi connectivity index (χ1v) is 18.5. The van der Waals surface area contributed by atoms with Gasteiger partial charge in [-0.25, -0.2) is 9.97 Å². The number of nitrogens with zero attached hydrogens (tertiary/aromatic N) is 4. The number of rotatable bonds is 2. The first kappa shape index (κ1) is 31.0. The third-order valence-corrected chi connectivity index (χ3v) is 14.2. The second-order valence-electron chi connectivity index (χ2n) is 14.3. The highest BCUT2D eigenvalue weighted by atomic mass is 32.1. The van der Waals surface area contributed by atoms with Crippen molar-refractivity contribution in [1.29, 1.82) is 0 Å². The SMILES string of the molecule is Cc1sc2c(S)c1C(C)(C)c1nc3c4nc(n(-c5ccccc5)c4ccc3n1-c1ccccc1)C(C)(C)c1c(C)sc(c1S)C2(C)C. The van der Waals surface area contributed by atoms with Crippen LogP contribution in [0.15, 0.2) is 82.6 Å². The smallest absolute Gasteiger partial charge is 0.124 e. The van der Waals surface area contributed by atoms with E-state index < -0.39 is 10.8 Å². The minimum atomic E-state index is -0.474. The number of hydrogen-bond acceptors (Lipinski definition) is 6. The van der Waals surface area contributed by atoms with Crippen molar-refractivity contribution in [2.75, 3.05) is 0 Å². The normalized spacial score (nSPS) is 16.4. The van der Waals surface area contributed by atoms with Gasteiger partial charge >= 0.3 is 0 Å². The van der Waals surface area contributed by atoms with E-state index in [0.717, 1.165) is 54.9 Å². The summed E-state index contributed by atoms with van der Waals surface area (Å²) in [6.45, 7) is 18.3. The predicted molar refractivity (Wildman–Crippen MR) is 205 cm³/mol. The van der Waals surface area contributed by atoms with E-state index in [2.05, 4.69) is 137 Å². The van der Waals surface area contributed by atoms with E-state index in [9.17, 15) is 0 Å². The molecule has 0 N–H and O–H groups in total. The van der Waals surface area contributed by atoms with E-state index in [1.54, 1.807) is 0 Å². The first-order chi connectivity index (χ1) is 22.3. The van der Waals surface area contributed by atoms with Crippen molar-refractivity contribution in [2.45, 2.75) is 81.4 Å². The second kappa shape index (κ2) is 10.3. The number of para-hydroxylation sites is 2. The number of aryl methyl sites for hydroxylation is 2. The molecule has 0 spiro atoms. The molecule has 0 saturated heterocycles. The van der Waals surface area contributed by atoms with Gasteiger partial charge in [0.25, 0.3) is 0 Å². The van der Waals surface area contributed by atoms with Gasteiger partial charge in [-0.1, -0.05) is 50.2 Å². The lowest BCUT2D eigenvalue weighted by Crippen LogP contribution is -2.26. The highest BCUT2D eigenvalue weighted by Crippen LogP contribution is 2.54. The Bertz CT molecular complexity index is 2200. The molecule has 238 valence electrons. The summed E-state index contributed by atoms with van der Waals surface area (Å²) in [6.07, 6.45) is 0. The molecular weight excluding hydrogens is 653 g/mol. The molecule has 0 saturated carbocycles. The van der Waals surface area contributed by atoms with Gasteiger partial charge in [-0.15, -0.1) is 47.9 Å². The van der Waals surface area contributed by atoms with Crippen LogP contribution in [0.3, 0.4) is 0 Å². The van der Waals surface area contributed by atoms with E-state index in [1.165, 1.54) is 30.6 Å². The summed E-state index contributed by atoms with van der Waals surface area (Å²) in [5.41, 5.74) is 7.22. The zero-order valence-electron chi connectivity index (χ0n) is 27.9. The Morgan fingerprint density at radius 3 is 1.26 bits per heavy atom. The molecule has 1 aliphatic rings. The molecule has 0 radical (unpaired) electrons. The predicted octanol–water partition coefficient (Wildman–Crippen LogP) is 11.0. The van der Waals surface area contributed by atoms with E-state index in [0.29, 0.717) is 0 Å². The number of thiol groups is 2. The molecule has 8 rings (SSSR count). The third kappa shape index (κ3) is 4.20. The number of thiophene rings is 2. The summed E-state index contributed by atoms with van der Waals surface area (Å²) in [5.74, 6) is 1.94. The van der Waals surface area contributed by atoms with Gasteiger partial charge in [-0.3, -0.25) is 9.13 Å². The standard InChI is InChI=1S/C39H38N4S4/c1-21-27-31(44)33(46-21)39(7,8)34-32(45)28(22(2)47-34)38(5,6)36-41-30-26(43(36)24-17-13-10-14-18-24)20-19-25-29(30)40-35(37(27,3)4)42(25)23-15-11-9-12-16-23/h9-20,44-45H,1-8H3. The molecule has 5 heterocycles. The number of imidazole rings is 2. The van der Waals surface area contributed by atoms with Gasteiger partial charge in [0.1, 0.15) is 22.7 Å². The van der Waals surface area contributed by atoms with Crippen LogP contribution in [-0.2, 0) is 16.2 Å². The maximum atomic E-state index is 5.58. The molecule has 3 aromatic carbocycles. The van der Waals surface area contributed by atoms with Crippen molar-refractivity contribution in [1.82, 2.24) is 19.1 Å². The summed E-state index contributed by atoms with van der Waals surface area (Å²) in [7, 11) is 0. The van der Waals surface area contributed by atoms with Crippen LogP contribution in [0.5, 0.6) is 0 Å². The number of benzene rings is 3. The van der Waals surface area contributed by atoms with Crippen LogP contribution in [0.25, 0.3) is 33.4 Å². The van der Waals surface area contributed by atoms with Gasteiger partial charge in [0.2, 0.25) is 0 Å². The topological polar surface area (TPSA) is 35.6 Å².